The molecule has 116 valence electrons. The van der Waals surface area contributed by atoms with E-state index in [2.05, 4.69) is 9.80 Å². The third kappa shape index (κ3) is 3.82. The molecule has 1 saturated heterocycles. The average Bonchev–Trinajstić information content (AvgIpc) is 3.01. The predicted molar refractivity (Wildman–Crippen MR) is 83.4 cm³/mol. The van der Waals surface area contributed by atoms with Crippen LogP contribution in [0, 0.1) is 5.82 Å². The normalized spacial score (nSPS) is 22.0. The van der Waals surface area contributed by atoms with Crippen molar-refractivity contribution in [2.45, 2.75) is 44.8 Å². The summed E-state index contributed by atoms with van der Waals surface area (Å²) in [5.41, 5.74) is 7.55. The lowest BCUT2D eigenvalue weighted by molar-refractivity contribution is 0.0936. The van der Waals surface area contributed by atoms with Gasteiger partial charge in [0.2, 0.25) is 0 Å². The number of nitrogens with zero attached hydrogens (tertiary/aromatic N) is 2. The van der Waals surface area contributed by atoms with Gasteiger partial charge >= 0.3 is 0 Å². The quantitative estimate of drug-likeness (QED) is 0.924. The molecule has 0 amide bonds. The van der Waals surface area contributed by atoms with Gasteiger partial charge in [0.25, 0.3) is 0 Å². The van der Waals surface area contributed by atoms with Crippen LogP contribution in [0.15, 0.2) is 18.2 Å². The van der Waals surface area contributed by atoms with Gasteiger partial charge in [-0.2, -0.15) is 0 Å². The van der Waals surface area contributed by atoms with Gasteiger partial charge in [-0.25, -0.2) is 4.39 Å². The Hall–Kier alpha value is -0.970. The van der Waals surface area contributed by atoms with Crippen LogP contribution in [0.3, 0.4) is 0 Å². The molecule has 0 aromatic heterocycles. The Morgan fingerprint density at radius 2 is 1.67 bits per heavy atom. The van der Waals surface area contributed by atoms with Crippen molar-refractivity contribution in [2.24, 2.45) is 5.73 Å². The second-order valence-electron chi connectivity index (χ2n) is 6.42. The maximum absolute atomic E-state index is 13.6. The van der Waals surface area contributed by atoms with Crippen LogP contribution in [0.5, 0.6) is 0 Å². The van der Waals surface area contributed by atoms with Crippen LogP contribution in [0.25, 0.3) is 0 Å². The molecular weight excluding hydrogens is 265 g/mol. The zero-order chi connectivity index (χ0) is 14.7. The topological polar surface area (TPSA) is 32.5 Å². The minimum Gasteiger partial charge on any atom is -0.326 e. The van der Waals surface area contributed by atoms with Gasteiger partial charge in [-0.15, -0.1) is 0 Å². The summed E-state index contributed by atoms with van der Waals surface area (Å²) in [6.45, 7) is 5.73. The van der Waals surface area contributed by atoms with Crippen molar-refractivity contribution in [2.75, 3.05) is 26.2 Å². The first-order valence-electron chi connectivity index (χ1n) is 8.19. The van der Waals surface area contributed by atoms with Gasteiger partial charge in [-0.05, 0) is 36.1 Å². The first-order chi connectivity index (χ1) is 10.2. The van der Waals surface area contributed by atoms with E-state index < -0.39 is 0 Å². The second kappa shape index (κ2) is 6.86. The van der Waals surface area contributed by atoms with Gasteiger partial charge in [0.1, 0.15) is 5.82 Å². The molecule has 4 heteroatoms. The van der Waals surface area contributed by atoms with Crippen LogP contribution in [0.2, 0.25) is 0 Å². The van der Waals surface area contributed by atoms with Crippen LogP contribution in [0.4, 0.5) is 4.39 Å². The number of nitrogens with two attached hydrogens (primary N) is 1. The Bertz CT molecular complexity index is 463. The fraction of sp³-hybridized carbons (Fsp3) is 0.647. The van der Waals surface area contributed by atoms with E-state index in [4.69, 9.17) is 5.73 Å². The molecule has 0 radical (unpaired) electrons. The van der Waals surface area contributed by atoms with Crippen molar-refractivity contribution >= 4 is 0 Å². The maximum atomic E-state index is 13.6. The molecule has 0 atom stereocenters. The fourth-order valence-corrected chi connectivity index (χ4v) is 3.74. The lowest BCUT2D eigenvalue weighted by Crippen LogP contribution is -2.49. The van der Waals surface area contributed by atoms with E-state index in [1.165, 1.54) is 31.7 Å². The molecule has 0 unspecified atom stereocenters. The highest BCUT2D eigenvalue weighted by Crippen LogP contribution is 2.24. The molecule has 1 aromatic carbocycles. The van der Waals surface area contributed by atoms with Gasteiger partial charge in [-0.1, -0.05) is 18.9 Å². The van der Waals surface area contributed by atoms with Gasteiger partial charge < -0.3 is 5.73 Å². The molecule has 0 bridgehead atoms. The number of hydrogen-bond donors (Lipinski definition) is 1. The summed E-state index contributed by atoms with van der Waals surface area (Å²) < 4.78 is 13.6. The largest absolute Gasteiger partial charge is 0.326 e. The molecule has 2 aliphatic rings. The molecule has 3 rings (SSSR count). The Kier molecular flexibility index (Phi) is 4.88. The zero-order valence-corrected chi connectivity index (χ0v) is 12.7. The third-order valence-corrected chi connectivity index (χ3v) is 4.91. The second-order valence-corrected chi connectivity index (χ2v) is 6.42. The SMILES string of the molecule is NCc1cc(F)cc(CN2CCN(C3CCCC3)CC2)c1. The maximum Gasteiger partial charge on any atom is 0.123 e. The highest BCUT2D eigenvalue weighted by Gasteiger charge is 2.26. The average molecular weight is 291 g/mol. The van der Waals surface area contributed by atoms with E-state index >= 15 is 0 Å². The lowest BCUT2D eigenvalue weighted by atomic mass is 10.1. The Morgan fingerprint density at radius 3 is 2.33 bits per heavy atom. The van der Waals surface area contributed by atoms with Crippen LogP contribution < -0.4 is 5.73 Å². The van der Waals surface area contributed by atoms with Gasteiger partial charge in [0.15, 0.2) is 0 Å². The Labute approximate surface area is 126 Å². The van der Waals surface area contributed by atoms with E-state index in [-0.39, 0.29) is 5.82 Å². The number of rotatable bonds is 4. The minimum atomic E-state index is -0.169. The molecule has 1 aliphatic carbocycles. The zero-order valence-electron chi connectivity index (χ0n) is 12.7. The first kappa shape index (κ1) is 14.9. The third-order valence-electron chi connectivity index (χ3n) is 4.91. The van der Waals surface area contributed by atoms with Crippen molar-refractivity contribution in [3.05, 3.63) is 35.1 Å². The number of piperazine rings is 1. The molecule has 21 heavy (non-hydrogen) atoms. The van der Waals surface area contributed by atoms with E-state index in [9.17, 15) is 4.39 Å². The molecule has 1 aliphatic heterocycles. The summed E-state index contributed by atoms with van der Waals surface area (Å²) in [4.78, 5) is 5.08. The highest BCUT2D eigenvalue weighted by molar-refractivity contribution is 5.24. The Morgan fingerprint density at radius 1 is 1.00 bits per heavy atom. The highest BCUT2D eigenvalue weighted by atomic mass is 19.1. The van der Waals surface area contributed by atoms with Crippen LogP contribution in [-0.2, 0) is 13.1 Å². The van der Waals surface area contributed by atoms with E-state index in [0.29, 0.717) is 6.54 Å². The molecule has 0 spiro atoms. The van der Waals surface area contributed by atoms with E-state index in [1.807, 2.05) is 6.07 Å². The summed E-state index contributed by atoms with van der Waals surface area (Å²) >= 11 is 0. The van der Waals surface area contributed by atoms with Crippen molar-refractivity contribution in [1.82, 2.24) is 9.80 Å². The lowest BCUT2D eigenvalue weighted by Gasteiger charge is -2.38. The van der Waals surface area contributed by atoms with Crippen molar-refractivity contribution in [3.8, 4) is 0 Å². The smallest absolute Gasteiger partial charge is 0.123 e. The Balaban J connectivity index is 1.54. The van der Waals surface area contributed by atoms with E-state index in [0.717, 1.165) is 49.9 Å². The van der Waals surface area contributed by atoms with Crippen molar-refractivity contribution < 1.29 is 4.39 Å². The molecule has 3 nitrogen and oxygen atoms in total. The molecule has 1 aromatic rings. The fourth-order valence-electron chi connectivity index (χ4n) is 3.74. The molecule has 2 fully saturated rings. The van der Waals surface area contributed by atoms with Crippen LogP contribution in [-0.4, -0.2) is 42.0 Å². The van der Waals surface area contributed by atoms with Crippen molar-refractivity contribution in [3.63, 3.8) is 0 Å². The van der Waals surface area contributed by atoms with E-state index in [1.54, 1.807) is 6.07 Å². The summed E-state index contributed by atoms with van der Waals surface area (Å²) in [5.74, 6) is -0.169. The summed E-state index contributed by atoms with van der Waals surface area (Å²) in [6, 6.07) is 6.03. The molecule has 1 saturated carbocycles. The van der Waals surface area contributed by atoms with Gasteiger partial charge in [0.05, 0.1) is 0 Å². The summed E-state index contributed by atoms with van der Waals surface area (Å²) in [7, 11) is 0. The molecular formula is C17H26FN3. The number of halogens is 1. The monoisotopic (exact) mass is 291 g/mol. The minimum absolute atomic E-state index is 0.169. The molecule has 2 N–H and O–H groups in total. The van der Waals surface area contributed by atoms with Crippen LogP contribution >= 0.6 is 0 Å². The summed E-state index contributed by atoms with van der Waals surface area (Å²) in [5, 5.41) is 0. The number of hydrogen-bond acceptors (Lipinski definition) is 3. The van der Waals surface area contributed by atoms with Crippen molar-refractivity contribution in [1.29, 1.82) is 0 Å². The number of benzene rings is 1. The summed E-state index contributed by atoms with van der Waals surface area (Å²) in [6.07, 6.45) is 5.56. The molecule has 1 heterocycles. The van der Waals surface area contributed by atoms with Gasteiger partial charge in [0, 0.05) is 45.3 Å². The predicted octanol–water partition coefficient (Wildman–Crippen LogP) is 2.34. The standard InChI is InChI=1S/C17H26FN3/c18-16-10-14(12-19)9-15(11-16)13-20-5-7-21(8-6-20)17-3-1-2-4-17/h9-11,17H,1-8,12-13,19H2. The van der Waals surface area contributed by atoms with Crippen LogP contribution in [0.1, 0.15) is 36.8 Å². The van der Waals surface area contributed by atoms with Gasteiger partial charge in [-0.3, -0.25) is 9.80 Å². The first-order valence-corrected chi connectivity index (χ1v) is 8.19.